The van der Waals surface area contributed by atoms with Crippen LogP contribution in [0.3, 0.4) is 0 Å². The maximum atomic E-state index is 11.0. The predicted octanol–water partition coefficient (Wildman–Crippen LogP) is 1.85. The van der Waals surface area contributed by atoms with Crippen molar-refractivity contribution in [2.24, 2.45) is 5.41 Å². The summed E-state index contributed by atoms with van der Waals surface area (Å²) >= 11 is 0. The Morgan fingerprint density at radius 3 is 2.35 bits per heavy atom. The number of benzene rings is 1. The molecule has 0 radical (unpaired) electrons. The van der Waals surface area contributed by atoms with Crippen molar-refractivity contribution in [1.29, 1.82) is 0 Å². The van der Waals surface area contributed by atoms with Crippen molar-refractivity contribution in [2.45, 2.75) is 32.7 Å². The van der Waals surface area contributed by atoms with Crippen LogP contribution in [0.4, 0.5) is 0 Å². The van der Waals surface area contributed by atoms with Crippen molar-refractivity contribution in [2.75, 3.05) is 6.54 Å². The summed E-state index contributed by atoms with van der Waals surface area (Å²) in [5.41, 5.74) is 2.07. The van der Waals surface area contributed by atoms with Crippen LogP contribution in [0.5, 0.6) is 0 Å². The highest BCUT2D eigenvalue weighted by Gasteiger charge is 2.29. The van der Waals surface area contributed by atoms with Gasteiger partial charge in [-0.25, -0.2) is 0 Å². The van der Waals surface area contributed by atoms with Crippen LogP contribution >= 0.6 is 0 Å². The van der Waals surface area contributed by atoms with E-state index < -0.39 is 11.4 Å². The molecule has 0 fully saturated rings. The molecule has 0 saturated carbocycles. The van der Waals surface area contributed by atoms with Gasteiger partial charge in [0.05, 0.1) is 5.41 Å². The van der Waals surface area contributed by atoms with Gasteiger partial charge in [-0.3, -0.25) is 4.79 Å². The second kappa shape index (κ2) is 4.49. The zero-order valence-corrected chi connectivity index (χ0v) is 10.4. The molecule has 0 unspecified atom stereocenters. The average Bonchev–Trinajstić information content (AvgIpc) is 2.69. The van der Waals surface area contributed by atoms with Gasteiger partial charge in [-0.2, -0.15) is 0 Å². The lowest BCUT2D eigenvalue weighted by atomic mass is 9.93. The van der Waals surface area contributed by atoms with Crippen LogP contribution in [0.25, 0.3) is 0 Å². The Kier molecular flexibility index (Phi) is 3.20. The highest BCUT2D eigenvalue weighted by molar-refractivity contribution is 5.73. The van der Waals surface area contributed by atoms with E-state index in [4.69, 9.17) is 5.11 Å². The van der Waals surface area contributed by atoms with Crippen molar-refractivity contribution in [1.82, 2.24) is 5.32 Å². The standard InChI is InChI=1S/C14H19NO2/c1-14(2,13(16)17)9-15-12-7-10-5-3-4-6-11(10)8-12/h3-6,12,15H,7-9H2,1-2H3,(H,16,17). The number of hydrogen-bond acceptors (Lipinski definition) is 2. The molecule has 2 rings (SSSR count). The Hall–Kier alpha value is -1.35. The topological polar surface area (TPSA) is 49.3 Å². The number of aliphatic carboxylic acids is 1. The minimum absolute atomic E-state index is 0.381. The van der Waals surface area contributed by atoms with E-state index in [9.17, 15) is 4.79 Å². The zero-order valence-electron chi connectivity index (χ0n) is 10.4. The third-order valence-electron chi connectivity index (χ3n) is 3.46. The summed E-state index contributed by atoms with van der Waals surface area (Å²) in [6.45, 7) is 4.02. The minimum atomic E-state index is -0.750. The third-order valence-corrected chi connectivity index (χ3v) is 3.46. The normalized spacial score (nSPS) is 15.9. The smallest absolute Gasteiger partial charge is 0.310 e. The molecule has 1 aromatic rings. The van der Waals surface area contributed by atoms with Crippen LogP contribution in [0.1, 0.15) is 25.0 Å². The summed E-state index contributed by atoms with van der Waals surface area (Å²) in [6, 6.07) is 8.80. The third kappa shape index (κ3) is 2.67. The lowest BCUT2D eigenvalue weighted by Gasteiger charge is -2.22. The number of carboxylic acids is 1. The van der Waals surface area contributed by atoms with Gasteiger partial charge in [0.2, 0.25) is 0 Å². The summed E-state index contributed by atoms with van der Waals surface area (Å²) in [7, 11) is 0. The second-order valence-electron chi connectivity index (χ2n) is 5.44. The molecular formula is C14H19NO2. The Morgan fingerprint density at radius 2 is 1.88 bits per heavy atom. The summed E-state index contributed by atoms with van der Waals surface area (Å²) in [6.07, 6.45) is 2.01. The van der Waals surface area contributed by atoms with Gasteiger partial charge in [0.25, 0.3) is 0 Å². The molecule has 1 aliphatic rings. The first-order valence-corrected chi connectivity index (χ1v) is 6.02. The molecule has 1 aliphatic carbocycles. The molecule has 2 N–H and O–H groups in total. The molecule has 0 bridgehead atoms. The maximum Gasteiger partial charge on any atom is 0.310 e. The van der Waals surface area contributed by atoms with Gasteiger partial charge in [0, 0.05) is 12.6 Å². The van der Waals surface area contributed by atoms with Crippen molar-refractivity contribution in [3.8, 4) is 0 Å². The fraction of sp³-hybridized carbons (Fsp3) is 0.500. The van der Waals surface area contributed by atoms with Gasteiger partial charge in [0.1, 0.15) is 0 Å². The number of nitrogens with one attached hydrogen (secondary N) is 1. The van der Waals surface area contributed by atoms with Crippen molar-refractivity contribution >= 4 is 5.97 Å². The van der Waals surface area contributed by atoms with E-state index in [2.05, 4.69) is 29.6 Å². The minimum Gasteiger partial charge on any atom is -0.481 e. The van der Waals surface area contributed by atoms with E-state index in [1.54, 1.807) is 13.8 Å². The van der Waals surface area contributed by atoms with Gasteiger partial charge in [0.15, 0.2) is 0 Å². The Morgan fingerprint density at radius 1 is 1.35 bits per heavy atom. The summed E-state index contributed by atoms with van der Waals surface area (Å²) in [5.74, 6) is -0.750. The predicted molar refractivity (Wildman–Crippen MR) is 67.1 cm³/mol. The van der Waals surface area contributed by atoms with E-state index in [-0.39, 0.29) is 0 Å². The largest absolute Gasteiger partial charge is 0.481 e. The molecule has 0 heterocycles. The molecular weight excluding hydrogens is 214 g/mol. The first-order valence-electron chi connectivity index (χ1n) is 6.02. The molecule has 1 aromatic carbocycles. The molecule has 3 nitrogen and oxygen atoms in total. The fourth-order valence-corrected chi connectivity index (χ4v) is 2.18. The van der Waals surface area contributed by atoms with Crippen LogP contribution < -0.4 is 5.32 Å². The van der Waals surface area contributed by atoms with E-state index in [1.807, 2.05) is 0 Å². The van der Waals surface area contributed by atoms with Gasteiger partial charge in [-0.15, -0.1) is 0 Å². The van der Waals surface area contributed by atoms with Crippen molar-refractivity contribution in [3.05, 3.63) is 35.4 Å². The summed E-state index contributed by atoms with van der Waals surface area (Å²) in [5, 5.41) is 12.4. The number of carbonyl (C=O) groups is 1. The van der Waals surface area contributed by atoms with Crippen LogP contribution in [0, 0.1) is 5.41 Å². The van der Waals surface area contributed by atoms with Gasteiger partial charge < -0.3 is 10.4 Å². The monoisotopic (exact) mass is 233 g/mol. The van der Waals surface area contributed by atoms with Gasteiger partial charge >= 0.3 is 5.97 Å². The van der Waals surface area contributed by atoms with E-state index in [0.29, 0.717) is 12.6 Å². The zero-order chi connectivity index (χ0) is 12.5. The van der Waals surface area contributed by atoms with Gasteiger partial charge in [-0.1, -0.05) is 24.3 Å². The summed E-state index contributed by atoms with van der Waals surface area (Å²) < 4.78 is 0. The van der Waals surface area contributed by atoms with Gasteiger partial charge in [-0.05, 0) is 37.8 Å². The van der Waals surface area contributed by atoms with Crippen LogP contribution in [0.15, 0.2) is 24.3 Å². The Bertz CT molecular complexity index is 401. The fourth-order valence-electron chi connectivity index (χ4n) is 2.18. The molecule has 0 amide bonds. The molecule has 92 valence electrons. The first-order chi connectivity index (χ1) is 7.99. The summed E-state index contributed by atoms with van der Waals surface area (Å²) in [4.78, 5) is 11.0. The highest BCUT2D eigenvalue weighted by atomic mass is 16.4. The van der Waals surface area contributed by atoms with Crippen LogP contribution in [-0.4, -0.2) is 23.7 Å². The number of hydrogen-bond donors (Lipinski definition) is 2. The number of fused-ring (bicyclic) bond motifs is 1. The van der Waals surface area contributed by atoms with E-state index >= 15 is 0 Å². The lowest BCUT2D eigenvalue weighted by molar-refractivity contribution is -0.146. The maximum absolute atomic E-state index is 11.0. The average molecular weight is 233 g/mol. The molecule has 0 aromatic heterocycles. The quantitative estimate of drug-likeness (QED) is 0.834. The van der Waals surface area contributed by atoms with E-state index in [1.165, 1.54) is 11.1 Å². The first kappa shape index (κ1) is 12.1. The molecule has 0 aliphatic heterocycles. The van der Waals surface area contributed by atoms with E-state index in [0.717, 1.165) is 12.8 Å². The number of rotatable bonds is 4. The van der Waals surface area contributed by atoms with Crippen molar-refractivity contribution in [3.63, 3.8) is 0 Å². The Labute approximate surface area is 102 Å². The molecule has 3 heteroatoms. The molecule has 0 atom stereocenters. The molecule has 0 spiro atoms. The Balaban J connectivity index is 1.91. The lowest BCUT2D eigenvalue weighted by Crippen LogP contribution is -2.41. The highest BCUT2D eigenvalue weighted by Crippen LogP contribution is 2.22. The number of carboxylic acid groups (broad SMARTS) is 1. The molecule has 0 saturated heterocycles. The van der Waals surface area contributed by atoms with Crippen LogP contribution in [0.2, 0.25) is 0 Å². The SMILES string of the molecule is CC(C)(CNC1Cc2ccccc2C1)C(=O)O. The molecule has 17 heavy (non-hydrogen) atoms. The van der Waals surface area contributed by atoms with Crippen LogP contribution in [-0.2, 0) is 17.6 Å². The second-order valence-corrected chi connectivity index (χ2v) is 5.44. The van der Waals surface area contributed by atoms with Crippen molar-refractivity contribution < 1.29 is 9.90 Å².